The molecule has 0 spiro atoms. The molecule has 0 unspecified atom stereocenters. The number of unbranched alkanes of at least 4 members (excludes halogenated alkanes) is 1. The number of phenols is 1. The first-order chi connectivity index (χ1) is 9.71. The Morgan fingerprint density at radius 1 is 1.43 bits per heavy atom. The Morgan fingerprint density at radius 2 is 2.05 bits per heavy atom. The number of hydrogen-bond acceptors (Lipinski definition) is 4. The zero-order chi connectivity index (χ0) is 16.2. The molecule has 1 aromatic rings. The van der Waals surface area contributed by atoms with Crippen molar-refractivity contribution in [3.8, 4) is 5.75 Å². The van der Waals surface area contributed by atoms with Crippen molar-refractivity contribution in [3.63, 3.8) is 0 Å². The van der Waals surface area contributed by atoms with Crippen molar-refractivity contribution in [2.45, 2.75) is 24.7 Å². The lowest BCUT2D eigenvalue weighted by Gasteiger charge is -2.19. The second kappa shape index (κ2) is 6.73. The molecule has 0 aliphatic carbocycles. The summed E-state index contributed by atoms with van der Waals surface area (Å²) >= 11 is 0. The van der Waals surface area contributed by atoms with Crippen molar-refractivity contribution in [2.75, 3.05) is 13.6 Å². The Labute approximate surface area is 124 Å². The van der Waals surface area contributed by atoms with E-state index in [1.165, 1.54) is 18.3 Å². The number of sulfonamides is 1. The van der Waals surface area contributed by atoms with Crippen molar-refractivity contribution in [2.24, 2.45) is 0 Å². The van der Waals surface area contributed by atoms with Gasteiger partial charge in [0.05, 0.1) is 4.90 Å². The van der Waals surface area contributed by atoms with Crippen LogP contribution >= 0.6 is 0 Å². The summed E-state index contributed by atoms with van der Waals surface area (Å²) in [6.45, 7) is 5.38. The SMILES string of the molecule is C=CCCCN(C)S(=O)(=O)c1cc(C(=O)O)c(O)cc1C. The smallest absolute Gasteiger partial charge is 0.339 e. The predicted molar refractivity (Wildman–Crippen MR) is 79.0 cm³/mol. The summed E-state index contributed by atoms with van der Waals surface area (Å²) in [5, 5.41) is 18.5. The van der Waals surface area contributed by atoms with Gasteiger partial charge in [-0.25, -0.2) is 17.5 Å². The van der Waals surface area contributed by atoms with Gasteiger partial charge in [0.15, 0.2) is 0 Å². The molecule has 0 fully saturated rings. The number of aryl methyl sites for hydroxylation is 1. The first-order valence-electron chi connectivity index (χ1n) is 6.36. The number of carbonyl (C=O) groups is 1. The molecule has 0 aromatic heterocycles. The zero-order valence-corrected chi connectivity index (χ0v) is 12.9. The molecule has 7 heteroatoms. The number of hydrogen-bond donors (Lipinski definition) is 2. The maximum atomic E-state index is 12.5. The Bertz CT molecular complexity index is 652. The van der Waals surface area contributed by atoms with E-state index in [0.29, 0.717) is 24.9 Å². The summed E-state index contributed by atoms with van der Waals surface area (Å²) < 4.78 is 26.1. The molecule has 6 nitrogen and oxygen atoms in total. The van der Waals surface area contributed by atoms with Gasteiger partial charge in [-0.1, -0.05) is 6.08 Å². The zero-order valence-electron chi connectivity index (χ0n) is 12.0. The number of carboxylic acid groups (broad SMARTS) is 1. The van der Waals surface area contributed by atoms with Gasteiger partial charge >= 0.3 is 5.97 Å². The molecule has 0 amide bonds. The Hall–Kier alpha value is -1.86. The minimum atomic E-state index is -3.80. The highest BCUT2D eigenvalue weighted by Crippen LogP contribution is 2.27. The van der Waals surface area contributed by atoms with E-state index < -0.39 is 27.3 Å². The molecule has 0 saturated heterocycles. The molecule has 2 N–H and O–H groups in total. The quantitative estimate of drug-likeness (QED) is 0.593. The highest BCUT2D eigenvalue weighted by molar-refractivity contribution is 7.89. The van der Waals surface area contributed by atoms with Gasteiger partial charge in [0.25, 0.3) is 0 Å². The van der Waals surface area contributed by atoms with Gasteiger partial charge in [0, 0.05) is 13.6 Å². The molecule has 1 rings (SSSR count). The highest BCUT2D eigenvalue weighted by atomic mass is 32.2. The second-order valence-corrected chi connectivity index (χ2v) is 6.71. The van der Waals surface area contributed by atoms with E-state index in [-0.39, 0.29) is 4.90 Å². The molecule has 21 heavy (non-hydrogen) atoms. The third-order valence-corrected chi connectivity index (χ3v) is 5.09. The van der Waals surface area contributed by atoms with Crippen LogP contribution in [0.1, 0.15) is 28.8 Å². The molecule has 0 aliphatic rings. The van der Waals surface area contributed by atoms with E-state index >= 15 is 0 Å². The largest absolute Gasteiger partial charge is 0.507 e. The van der Waals surface area contributed by atoms with Gasteiger partial charge in [0.2, 0.25) is 10.0 Å². The van der Waals surface area contributed by atoms with E-state index in [4.69, 9.17) is 5.11 Å². The predicted octanol–water partition coefficient (Wildman–Crippen LogP) is 1.99. The third kappa shape index (κ3) is 3.83. The van der Waals surface area contributed by atoms with Crippen molar-refractivity contribution in [3.05, 3.63) is 35.9 Å². The van der Waals surface area contributed by atoms with E-state index in [2.05, 4.69) is 6.58 Å². The number of rotatable bonds is 7. The van der Waals surface area contributed by atoms with Crippen molar-refractivity contribution in [1.29, 1.82) is 0 Å². The Kier molecular flexibility index (Phi) is 5.51. The fraction of sp³-hybridized carbons (Fsp3) is 0.357. The van der Waals surface area contributed by atoms with Gasteiger partial charge in [-0.2, -0.15) is 0 Å². The maximum Gasteiger partial charge on any atom is 0.339 e. The molecule has 0 saturated carbocycles. The Morgan fingerprint density at radius 3 is 2.57 bits per heavy atom. The number of carboxylic acids is 1. The van der Waals surface area contributed by atoms with Gasteiger partial charge in [-0.3, -0.25) is 0 Å². The standard InChI is InChI=1S/C14H19NO5S/c1-4-5-6-7-15(3)21(19,20)13-9-11(14(17)18)12(16)8-10(13)2/h4,8-9,16H,1,5-7H2,2-3H3,(H,17,18). The van der Waals surface area contributed by atoms with Crippen LogP contribution in [0.25, 0.3) is 0 Å². The fourth-order valence-corrected chi connectivity index (χ4v) is 3.31. The summed E-state index contributed by atoms with van der Waals surface area (Å²) in [5.74, 6) is -1.83. The summed E-state index contributed by atoms with van der Waals surface area (Å²) in [6.07, 6.45) is 3.02. The molecule has 0 heterocycles. The molecule has 116 valence electrons. The highest BCUT2D eigenvalue weighted by Gasteiger charge is 2.25. The summed E-state index contributed by atoms with van der Waals surface area (Å²) in [5.41, 5.74) is -0.133. The lowest BCUT2D eigenvalue weighted by atomic mass is 10.1. The second-order valence-electron chi connectivity index (χ2n) is 4.70. The van der Waals surface area contributed by atoms with Gasteiger partial charge in [-0.05, 0) is 37.5 Å². The van der Waals surface area contributed by atoms with Crippen molar-refractivity contribution in [1.82, 2.24) is 4.31 Å². The number of allylic oxidation sites excluding steroid dienone is 1. The Balaban J connectivity index is 3.21. The summed E-state index contributed by atoms with van der Waals surface area (Å²) in [7, 11) is -2.36. The molecule has 0 bridgehead atoms. The lowest BCUT2D eigenvalue weighted by Crippen LogP contribution is -2.28. The average molecular weight is 313 g/mol. The third-order valence-electron chi connectivity index (χ3n) is 3.09. The molecule has 0 radical (unpaired) electrons. The maximum absolute atomic E-state index is 12.5. The van der Waals surface area contributed by atoms with Gasteiger partial charge in [-0.15, -0.1) is 6.58 Å². The molecule has 1 aromatic carbocycles. The van der Waals surface area contributed by atoms with Crippen LogP contribution in [0, 0.1) is 6.92 Å². The van der Waals surface area contributed by atoms with Crippen LogP contribution in [0.5, 0.6) is 5.75 Å². The minimum Gasteiger partial charge on any atom is -0.507 e. The van der Waals surface area contributed by atoms with Gasteiger partial charge < -0.3 is 10.2 Å². The number of nitrogens with zero attached hydrogens (tertiary/aromatic N) is 1. The van der Waals surface area contributed by atoms with E-state index in [0.717, 1.165) is 12.1 Å². The van der Waals surface area contributed by atoms with Crippen LogP contribution in [0.3, 0.4) is 0 Å². The molecular formula is C14H19NO5S. The number of aromatic hydroxyl groups is 1. The number of aromatic carboxylic acids is 1. The van der Waals surface area contributed by atoms with Gasteiger partial charge in [0.1, 0.15) is 11.3 Å². The summed E-state index contributed by atoms with van der Waals surface area (Å²) in [6, 6.07) is 2.14. The molecule has 0 aliphatic heterocycles. The van der Waals surface area contributed by atoms with Crippen LogP contribution in [-0.4, -0.2) is 42.5 Å². The van der Waals surface area contributed by atoms with Crippen LogP contribution in [0.2, 0.25) is 0 Å². The van der Waals surface area contributed by atoms with Crippen LogP contribution < -0.4 is 0 Å². The van der Waals surface area contributed by atoms with E-state index in [1.807, 2.05) is 0 Å². The monoisotopic (exact) mass is 313 g/mol. The molecule has 0 atom stereocenters. The topological polar surface area (TPSA) is 94.9 Å². The van der Waals surface area contributed by atoms with Crippen molar-refractivity contribution < 1.29 is 23.4 Å². The van der Waals surface area contributed by atoms with E-state index in [1.54, 1.807) is 6.08 Å². The van der Waals surface area contributed by atoms with E-state index in [9.17, 15) is 18.3 Å². The lowest BCUT2D eigenvalue weighted by molar-refractivity contribution is 0.0693. The van der Waals surface area contributed by atoms with Crippen LogP contribution in [-0.2, 0) is 10.0 Å². The first-order valence-corrected chi connectivity index (χ1v) is 7.80. The average Bonchev–Trinajstić information content (AvgIpc) is 2.37. The normalized spacial score (nSPS) is 11.6. The summed E-state index contributed by atoms with van der Waals surface area (Å²) in [4.78, 5) is 10.9. The van der Waals surface area contributed by atoms with Crippen LogP contribution in [0.4, 0.5) is 0 Å². The fourth-order valence-electron chi connectivity index (χ4n) is 1.87. The van der Waals surface area contributed by atoms with Crippen LogP contribution in [0.15, 0.2) is 29.7 Å². The minimum absolute atomic E-state index is 0.112. The number of benzene rings is 1. The van der Waals surface area contributed by atoms with Crippen molar-refractivity contribution >= 4 is 16.0 Å². The molecular weight excluding hydrogens is 294 g/mol. The first kappa shape index (κ1) is 17.2.